The Morgan fingerprint density at radius 3 is 2.77 bits per heavy atom. The molecule has 0 saturated carbocycles. The van der Waals surface area contributed by atoms with Gasteiger partial charge in [0.15, 0.2) is 5.79 Å². The summed E-state index contributed by atoms with van der Waals surface area (Å²) in [5, 5.41) is 0. The van der Waals surface area contributed by atoms with Crippen LogP contribution in [0.25, 0.3) is 0 Å². The van der Waals surface area contributed by atoms with Crippen molar-refractivity contribution in [3.63, 3.8) is 0 Å². The minimum Gasteiger partial charge on any atom is -0.350 e. The molecule has 2 fully saturated rings. The molecular formula is C11H18O2. The van der Waals surface area contributed by atoms with E-state index in [0.717, 1.165) is 25.9 Å². The number of ether oxygens (including phenoxy) is 2. The van der Waals surface area contributed by atoms with Crippen LogP contribution in [0.2, 0.25) is 0 Å². The first-order valence-electron chi connectivity index (χ1n) is 5.29. The van der Waals surface area contributed by atoms with Gasteiger partial charge in [0.1, 0.15) is 0 Å². The van der Waals surface area contributed by atoms with Crippen molar-refractivity contribution in [1.29, 1.82) is 0 Å². The monoisotopic (exact) mass is 182 g/mol. The van der Waals surface area contributed by atoms with E-state index in [9.17, 15) is 0 Å². The minimum atomic E-state index is -0.241. The molecule has 2 aliphatic rings. The lowest BCUT2D eigenvalue weighted by Crippen LogP contribution is -2.44. The highest BCUT2D eigenvalue weighted by Gasteiger charge is 2.38. The van der Waals surface area contributed by atoms with Crippen molar-refractivity contribution in [2.24, 2.45) is 0 Å². The molecule has 2 heterocycles. The van der Waals surface area contributed by atoms with Crippen LogP contribution in [0.5, 0.6) is 0 Å². The number of hydrogen-bond donors (Lipinski definition) is 0. The van der Waals surface area contributed by atoms with Gasteiger partial charge < -0.3 is 9.47 Å². The Morgan fingerprint density at radius 1 is 1.23 bits per heavy atom. The predicted molar refractivity (Wildman–Crippen MR) is 51.5 cm³/mol. The molecule has 0 aliphatic carbocycles. The Labute approximate surface area is 79.9 Å². The van der Waals surface area contributed by atoms with Crippen LogP contribution in [0.15, 0.2) is 12.7 Å². The normalized spacial score (nSPS) is 40.5. The molecule has 2 aliphatic heterocycles. The van der Waals surface area contributed by atoms with Gasteiger partial charge in [0, 0.05) is 12.8 Å². The quantitative estimate of drug-likeness (QED) is 0.580. The highest BCUT2D eigenvalue weighted by atomic mass is 16.7. The molecule has 74 valence electrons. The molecule has 0 radical (unpaired) electrons. The van der Waals surface area contributed by atoms with Gasteiger partial charge in [0.2, 0.25) is 0 Å². The third kappa shape index (κ3) is 1.94. The maximum absolute atomic E-state index is 5.92. The van der Waals surface area contributed by atoms with E-state index in [4.69, 9.17) is 9.47 Å². The lowest BCUT2D eigenvalue weighted by atomic mass is 9.95. The number of rotatable bonds is 1. The Hall–Kier alpha value is -0.340. The molecule has 2 saturated heterocycles. The van der Waals surface area contributed by atoms with Crippen LogP contribution in [0.4, 0.5) is 0 Å². The second-order valence-electron chi connectivity index (χ2n) is 4.00. The van der Waals surface area contributed by atoms with Gasteiger partial charge >= 0.3 is 0 Å². The summed E-state index contributed by atoms with van der Waals surface area (Å²) in [6.45, 7) is 4.65. The summed E-state index contributed by atoms with van der Waals surface area (Å²) >= 11 is 0. The fourth-order valence-electron chi connectivity index (χ4n) is 2.25. The van der Waals surface area contributed by atoms with Crippen molar-refractivity contribution >= 4 is 0 Å². The van der Waals surface area contributed by atoms with Gasteiger partial charge in [-0.3, -0.25) is 0 Å². The summed E-state index contributed by atoms with van der Waals surface area (Å²) in [6.07, 6.45) is 8.99. The largest absolute Gasteiger partial charge is 0.350 e. The minimum absolute atomic E-state index is 0.215. The van der Waals surface area contributed by atoms with Crippen LogP contribution in [0.1, 0.15) is 38.5 Å². The summed E-state index contributed by atoms with van der Waals surface area (Å²) < 4.78 is 11.7. The summed E-state index contributed by atoms with van der Waals surface area (Å²) in [7, 11) is 0. The van der Waals surface area contributed by atoms with E-state index in [2.05, 4.69) is 6.58 Å². The maximum atomic E-state index is 5.92. The van der Waals surface area contributed by atoms with Gasteiger partial charge in [-0.2, -0.15) is 0 Å². The van der Waals surface area contributed by atoms with E-state index in [0.29, 0.717) is 0 Å². The Balaban J connectivity index is 1.99. The summed E-state index contributed by atoms with van der Waals surface area (Å²) in [6, 6.07) is 0. The first-order valence-corrected chi connectivity index (χ1v) is 5.29. The van der Waals surface area contributed by atoms with Crippen LogP contribution in [-0.2, 0) is 9.47 Å². The van der Waals surface area contributed by atoms with Crippen molar-refractivity contribution in [3.05, 3.63) is 12.7 Å². The van der Waals surface area contributed by atoms with E-state index in [1.165, 1.54) is 19.3 Å². The molecule has 0 bridgehead atoms. The SMILES string of the molecule is C=CC1CCCC2(CCCCO2)O1. The second kappa shape index (κ2) is 3.81. The molecule has 2 rings (SSSR count). The Morgan fingerprint density at radius 2 is 2.08 bits per heavy atom. The zero-order valence-electron chi connectivity index (χ0n) is 8.13. The molecule has 0 amide bonds. The van der Waals surface area contributed by atoms with Gasteiger partial charge in [-0.05, 0) is 25.7 Å². The van der Waals surface area contributed by atoms with Crippen LogP contribution < -0.4 is 0 Å². The average Bonchev–Trinajstić information content (AvgIpc) is 2.19. The van der Waals surface area contributed by atoms with Gasteiger partial charge in [-0.25, -0.2) is 0 Å². The molecule has 0 aromatic rings. The Kier molecular flexibility index (Phi) is 2.70. The zero-order chi connectivity index (χ0) is 9.15. The van der Waals surface area contributed by atoms with Crippen LogP contribution >= 0.6 is 0 Å². The van der Waals surface area contributed by atoms with Crippen LogP contribution in [-0.4, -0.2) is 18.5 Å². The second-order valence-corrected chi connectivity index (χ2v) is 4.00. The zero-order valence-corrected chi connectivity index (χ0v) is 8.13. The summed E-state index contributed by atoms with van der Waals surface area (Å²) in [4.78, 5) is 0. The highest BCUT2D eigenvalue weighted by molar-refractivity contribution is 4.88. The summed E-state index contributed by atoms with van der Waals surface area (Å²) in [5.74, 6) is -0.241. The molecule has 0 aromatic heterocycles. The highest BCUT2D eigenvalue weighted by Crippen LogP contribution is 2.36. The van der Waals surface area contributed by atoms with Gasteiger partial charge in [-0.1, -0.05) is 6.08 Å². The first kappa shape index (κ1) is 9.22. The van der Waals surface area contributed by atoms with Crippen molar-refractivity contribution in [2.45, 2.75) is 50.4 Å². The first-order chi connectivity index (χ1) is 6.35. The van der Waals surface area contributed by atoms with Crippen molar-refractivity contribution < 1.29 is 9.47 Å². The van der Waals surface area contributed by atoms with Crippen molar-refractivity contribution in [3.8, 4) is 0 Å². The fourth-order valence-corrected chi connectivity index (χ4v) is 2.25. The van der Waals surface area contributed by atoms with E-state index in [-0.39, 0.29) is 11.9 Å². The molecule has 2 heteroatoms. The van der Waals surface area contributed by atoms with Crippen molar-refractivity contribution in [2.75, 3.05) is 6.61 Å². The maximum Gasteiger partial charge on any atom is 0.169 e. The van der Waals surface area contributed by atoms with E-state index in [1.54, 1.807) is 0 Å². The topological polar surface area (TPSA) is 18.5 Å². The lowest BCUT2D eigenvalue weighted by Gasteiger charge is -2.42. The van der Waals surface area contributed by atoms with Crippen LogP contribution in [0.3, 0.4) is 0 Å². The average molecular weight is 182 g/mol. The van der Waals surface area contributed by atoms with E-state index in [1.807, 2.05) is 6.08 Å². The van der Waals surface area contributed by atoms with E-state index >= 15 is 0 Å². The van der Waals surface area contributed by atoms with Gasteiger partial charge in [0.05, 0.1) is 12.7 Å². The molecule has 0 N–H and O–H groups in total. The molecular weight excluding hydrogens is 164 g/mol. The molecule has 2 nitrogen and oxygen atoms in total. The van der Waals surface area contributed by atoms with E-state index < -0.39 is 0 Å². The molecule has 13 heavy (non-hydrogen) atoms. The predicted octanol–water partition coefficient (Wildman–Crippen LogP) is 2.64. The van der Waals surface area contributed by atoms with Gasteiger partial charge in [-0.15, -0.1) is 6.58 Å². The van der Waals surface area contributed by atoms with Gasteiger partial charge in [0.25, 0.3) is 0 Å². The third-order valence-electron chi connectivity index (χ3n) is 2.99. The molecule has 2 unspecified atom stereocenters. The van der Waals surface area contributed by atoms with Crippen molar-refractivity contribution in [1.82, 2.24) is 0 Å². The molecule has 1 spiro atoms. The summed E-state index contributed by atoms with van der Waals surface area (Å²) in [5.41, 5.74) is 0. The molecule has 0 aromatic carbocycles. The third-order valence-corrected chi connectivity index (χ3v) is 2.99. The smallest absolute Gasteiger partial charge is 0.169 e. The van der Waals surface area contributed by atoms with Crippen LogP contribution in [0, 0.1) is 0 Å². The fraction of sp³-hybridized carbons (Fsp3) is 0.818. The molecule has 2 atom stereocenters. The Bertz CT molecular complexity index is 177. The standard InChI is InChI=1S/C11H18O2/c1-2-10-6-5-8-11(13-10)7-3-4-9-12-11/h2,10H,1,3-9H2. The number of hydrogen-bond acceptors (Lipinski definition) is 2. The lowest BCUT2D eigenvalue weighted by molar-refractivity contribution is -0.286.